The molecule has 1 aromatic heterocycles. The predicted molar refractivity (Wildman–Crippen MR) is 66.7 cm³/mol. The Morgan fingerprint density at radius 2 is 2.38 bits per heavy atom. The van der Waals surface area contributed by atoms with Crippen LogP contribution in [0.15, 0.2) is 16.8 Å². The zero-order chi connectivity index (χ0) is 12.0. The highest BCUT2D eigenvalue weighted by molar-refractivity contribution is 7.07. The van der Waals surface area contributed by atoms with Crippen molar-refractivity contribution < 1.29 is 9.53 Å². The minimum absolute atomic E-state index is 0.181. The molecular formula is C12H19NO2S. The van der Waals surface area contributed by atoms with Crippen LogP contribution in [0, 0.1) is 0 Å². The van der Waals surface area contributed by atoms with Crippen molar-refractivity contribution in [2.45, 2.75) is 38.8 Å². The fourth-order valence-corrected chi connectivity index (χ4v) is 2.34. The van der Waals surface area contributed by atoms with Crippen LogP contribution in [0.3, 0.4) is 0 Å². The molecule has 0 saturated heterocycles. The first-order chi connectivity index (χ1) is 7.67. The lowest BCUT2D eigenvalue weighted by molar-refractivity contribution is -0.143. The Bertz CT molecular complexity index is 311. The van der Waals surface area contributed by atoms with Gasteiger partial charge in [0, 0.05) is 6.04 Å². The lowest BCUT2D eigenvalue weighted by atomic mass is 10.1. The van der Waals surface area contributed by atoms with E-state index in [1.54, 1.807) is 11.3 Å². The Morgan fingerprint density at radius 3 is 2.88 bits per heavy atom. The third-order valence-corrected chi connectivity index (χ3v) is 3.23. The number of hydrogen-bond donors (Lipinski definition) is 1. The molecule has 90 valence electrons. The van der Waals surface area contributed by atoms with Gasteiger partial charge in [0.2, 0.25) is 0 Å². The molecule has 4 heteroatoms. The first kappa shape index (κ1) is 13.2. The highest BCUT2D eigenvalue weighted by Crippen LogP contribution is 2.09. The molecule has 0 aliphatic carbocycles. The van der Waals surface area contributed by atoms with Gasteiger partial charge in [0.25, 0.3) is 0 Å². The standard InChI is InChI=1S/C12H19NO2S/c1-4-11(12(14)15-3)13-9(2)7-10-5-6-16-8-10/h5-6,8-9,11,13H,4,7H2,1-3H3. The van der Waals surface area contributed by atoms with E-state index in [-0.39, 0.29) is 18.1 Å². The molecule has 0 fully saturated rings. The van der Waals surface area contributed by atoms with Crippen molar-refractivity contribution in [3.05, 3.63) is 22.4 Å². The summed E-state index contributed by atoms with van der Waals surface area (Å²) in [5.41, 5.74) is 1.31. The van der Waals surface area contributed by atoms with Crippen LogP contribution >= 0.6 is 11.3 Å². The summed E-state index contributed by atoms with van der Waals surface area (Å²) in [4.78, 5) is 11.4. The Morgan fingerprint density at radius 1 is 1.62 bits per heavy atom. The fraction of sp³-hybridized carbons (Fsp3) is 0.583. The average Bonchev–Trinajstić information content (AvgIpc) is 2.77. The molecule has 1 aromatic rings. The summed E-state index contributed by atoms with van der Waals surface area (Å²) in [7, 11) is 1.43. The van der Waals surface area contributed by atoms with E-state index in [0.717, 1.165) is 12.8 Å². The molecule has 0 aliphatic rings. The second-order valence-electron chi connectivity index (χ2n) is 3.89. The van der Waals surface area contributed by atoms with Crippen molar-refractivity contribution in [3.63, 3.8) is 0 Å². The first-order valence-electron chi connectivity index (χ1n) is 5.52. The van der Waals surface area contributed by atoms with Gasteiger partial charge >= 0.3 is 5.97 Å². The Kier molecular flexibility index (Phi) is 5.49. The second-order valence-corrected chi connectivity index (χ2v) is 4.67. The van der Waals surface area contributed by atoms with E-state index in [2.05, 4.69) is 29.1 Å². The monoisotopic (exact) mass is 241 g/mol. The maximum absolute atomic E-state index is 11.4. The largest absolute Gasteiger partial charge is 0.468 e. The van der Waals surface area contributed by atoms with Crippen LogP contribution in [0.1, 0.15) is 25.8 Å². The molecule has 0 radical (unpaired) electrons. The molecule has 0 spiro atoms. The van der Waals surface area contributed by atoms with Gasteiger partial charge in [-0.1, -0.05) is 6.92 Å². The van der Waals surface area contributed by atoms with E-state index in [1.807, 2.05) is 6.92 Å². The molecule has 0 amide bonds. The van der Waals surface area contributed by atoms with Crippen LogP contribution < -0.4 is 5.32 Å². The average molecular weight is 241 g/mol. The van der Waals surface area contributed by atoms with Crippen molar-refractivity contribution >= 4 is 17.3 Å². The van der Waals surface area contributed by atoms with Gasteiger partial charge in [-0.05, 0) is 42.2 Å². The highest BCUT2D eigenvalue weighted by atomic mass is 32.1. The molecule has 1 rings (SSSR count). The molecule has 0 bridgehead atoms. The van der Waals surface area contributed by atoms with Gasteiger partial charge in [-0.15, -0.1) is 0 Å². The summed E-state index contributed by atoms with van der Waals surface area (Å²) in [6.07, 6.45) is 1.69. The quantitative estimate of drug-likeness (QED) is 0.776. The van der Waals surface area contributed by atoms with Gasteiger partial charge < -0.3 is 10.1 Å². The predicted octanol–water partition coefficient (Wildman–Crippen LogP) is 2.22. The van der Waals surface area contributed by atoms with Crippen molar-refractivity contribution in [1.29, 1.82) is 0 Å². The lowest BCUT2D eigenvalue weighted by Gasteiger charge is -2.19. The summed E-state index contributed by atoms with van der Waals surface area (Å²) >= 11 is 1.70. The molecule has 3 nitrogen and oxygen atoms in total. The fourth-order valence-electron chi connectivity index (χ4n) is 1.66. The van der Waals surface area contributed by atoms with Gasteiger partial charge in [0.1, 0.15) is 6.04 Å². The van der Waals surface area contributed by atoms with Crippen LogP contribution in [0.4, 0.5) is 0 Å². The second kappa shape index (κ2) is 6.66. The van der Waals surface area contributed by atoms with Crippen molar-refractivity contribution in [3.8, 4) is 0 Å². The molecule has 0 saturated carbocycles. The molecule has 1 N–H and O–H groups in total. The SMILES string of the molecule is CCC(NC(C)Cc1ccsc1)C(=O)OC. The van der Waals surface area contributed by atoms with Gasteiger partial charge in [-0.25, -0.2) is 0 Å². The van der Waals surface area contributed by atoms with E-state index in [9.17, 15) is 4.79 Å². The summed E-state index contributed by atoms with van der Waals surface area (Å²) in [5.74, 6) is -0.181. The van der Waals surface area contributed by atoms with E-state index in [4.69, 9.17) is 4.74 Å². The van der Waals surface area contributed by atoms with Crippen LogP contribution in [0.25, 0.3) is 0 Å². The summed E-state index contributed by atoms with van der Waals surface area (Å²) < 4.78 is 4.74. The van der Waals surface area contributed by atoms with Gasteiger partial charge in [-0.3, -0.25) is 4.79 Å². The number of nitrogens with one attached hydrogen (secondary N) is 1. The third-order valence-electron chi connectivity index (χ3n) is 2.50. The minimum Gasteiger partial charge on any atom is -0.468 e. The van der Waals surface area contributed by atoms with Gasteiger partial charge in [0.05, 0.1) is 7.11 Å². The van der Waals surface area contributed by atoms with Crippen molar-refractivity contribution in [2.24, 2.45) is 0 Å². The van der Waals surface area contributed by atoms with E-state index < -0.39 is 0 Å². The summed E-state index contributed by atoms with van der Waals surface area (Å²) in [6, 6.07) is 2.19. The summed E-state index contributed by atoms with van der Waals surface area (Å²) in [6.45, 7) is 4.06. The number of thiophene rings is 1. The molecule has 0 aliphatic heterocycles. The Balaban J connectivity index is 2.43. The number of rotatable bonds is 6. The number of carbonyl (C=O) groups is 1. The zero-order valence-corrected chi connectivity index (χ0v) is 10.8. The van der Waals surface area contributed by atoms with Crippen molar-refractivity contribution in [1.82, 2.24) is 5.32 Å². The van der Waals surface area contributed by atoms with Gasteiger partial charge in [0.15, 0.2) is 0 Å². The highest BCUT2D eigenvalue weighted by Gasteiger charge is 2.18. The van der Waals surface area contributed by atoms with Gasteiger partial charge in [-0.2, -0.15) is 11.3 Å². The maximum Gasteiger partial charge on any atom is 0.322 e. The summed E-state index contributed by atoms with van der Waals surface area (Å²) in [5, 5.41) is 7.49. The molecule has 2 atom stereocenters. The number of methoxy groups -OCH3 is 1. The minimum atomic E-state index is -0.196. The molecule has 1 heterocycles. The van der Waals surface area contributed by atoms with Crippen LogP contribution in [-0.2, 0) is 16.0 Å². The van der Waals surface area contributed by atoms with E-state index in [0.29, 0.717) is 0 Å². The third kappa shape index (κ3) is 3.94. The Hall–Kier alpha value is -0.870. The molecule has 0 aromatic carbocycles. The smallest absolute Gasteiger partial charge is 0.322 e. The maximum atomic E-state index is 11.4. The van der Waals surface area contributed by atoms with E-state index in [1.165, 1.54) is 12.7 Å². The normalized spacial score (nSPS) is 14.4. The number of esters is 1. The van der Waals surface area contributed by atoms with Crippen molar-refractivity contribution in [2.75, 3.05) is 7.11 Å². The number of carbonyl (C=O) groups excluding carboxylic acids is 1. The first-order valence-corrected chi connectivity index (χ1v) is 6.46. The molecular weight excluding hydrogens is 222 g/mol. The molecule has 16 heavy (non-hydrogen) atoms. The molecule has 2 unspecified atom stereocenters. The zero-order valence-electron chi connectivity index (χ0n) is 10.0. The number of hydrogen-bond acceptors (Lipinski definition) is 4. The van der Waals surface area contributed by atoms with E-state index >= 15 is 0 Å². The topological polar surface area (TPSA) is 38.3 Å². The van der Waals surface area contributed by atoms with Crippen LogP contribution in [-0.4, -0.2) is 25.2 Å². The lowest BCUT2D eigenvalue weighted by Crippen LogP contribution is -2.43. The van der Waals surface area contributed by atoms with Crippen LogP contribution in [0.2, 0.25) is 0 Å². The number of ether oxygens (including phenoxy) is 1. The Labute approximate surface area is 101 Å². The van der Waals surface area contributed by atoms with Crippen LogP contribution in [0.5, 0.6) is 0 Å².